The molecule has 12 heteroatoms. The molecule has 11 nitrogen and oxygen atoms in total. The van der Waals surface area contributed by atoms with E-state index in [4.69, 9.17) is 23.3 Å². The number of ether oxygens (including phenoxy) is 3. The Morgan fingerprint density at radius 2 is 1.58 bits per heavy atom. The highest BCUT2D eigenvalue weighted by Gasteiger charge is 2.59. The Balaban J connectivity index is 1.24. The molecule has 3 unspecified atom stereocenters. The number of fused-ring (bicyclic) bond motifs is 5. The Labute approximate surface area is 357 Å². The minimum absolute atomic E-state index is 0.0119. The van der Waals surface area contributed by atoms with Crippen LogP contribution in [0.3, 0.4) is 0 Å². The van der Waals surface area contributed by atoms with E-state index in [1.54, 1.807) is 0 Å². The van der Waals surface area contributed by atoms with Crippen LogP contribution in [0.25, 0.3) is 0 Å². The maximum absolute atomic E-state index is 13.0. The molecule has 4 aliphatic rings. The zero-order chi connectivity index (χ0) is 43.4. The molecule has 10 atom stereocenters. The fourth-order valence-electron chi connectivity index (χ4n) is 11.3. The SMILES string of the molecule is CCCCCCCC(=O)OC(COC(=O)CCC(=O)OC1CC[C@]2(C)C(=CC[C@@H]3[C@H]4CC[C@@H]([C@@H](C)CCCC(C)C)[C@]4(C)CC[C@H]32)C1)COP(=O)(O)OCC[N+](C)(C)C. The highest BCUT2D eigenvalue weighted by Crippen LogP contribution is 2.67. The predicted octanol–water partition coefficient (Wildman–Crippen LogP) is 10.4. The van der Waals surface area contributed by atoms with Gasteiger partial charge in [0.15, 0.2) is 6.10 Å². The van der Waals surface area contributed by atoms with E-state index in [1.165, 1.54) is 50.5 Å². The van der Waals surface area contributed by atoms with E-state index in [9.17, 15) is 23.8 Å². The summed E-state index contributed by atoms with van der Waals surface area (Å²) in [5, 5.41) is 0. The third-order valence-electron chi connectivity index (χ3n) is 14.7. The zero-order valence-corrected chi connectivity index (χ0v) is 39.4. The summed E-state index contributed by atoms with van der Waals surface area (Å²) in [6, 6.07) is 0. The first-order valence-corrected chi connectivity index (χ1v) is 24.9. The fraction of sp³-hybridized carbons (Fsp3) is 0.894. The normalized spacial score (nSPS) is 29.9. The number of carbonyl (C=O) groups excluding carboxylic acids is 3. The molecule has 3 saturated carbocycles. The second-order valence-electron chi connectivity index (χ2n) is 20.7. The number of rotatable bonds is 25. The van der Waals surface area contributed by atoms with Crippen LogP contribution in [0, 0.1) is 46.3 Å². The van der Waals surface area contributed by atoms with Crippen LogP contribution in [0.5, 0.6) is 0 Å². The molecule has 1 N–H and O–H groups in total. The molecule has 0 saturated heterocycles. The number of esters is 3. The molecule has 3 fully saturated rings. The molecule has 340 valence electrons. The number of phosphoric ester groups is 1. The van der Waals surface area contributed by atoms with E-state index in [1.807, 2.05) is 21.1 Å². The number of nitrogens with zero attached hydrogens (tertiary/aromatic N) is 1. The number of hydrogen-bond acceptors (Lipinski definition) is 9. The average molecular weight is 853 g/mol. The van der Waals surface area contributed by atoms with Gasteiger partial charge in [0.25, 0.3) is 0 Å². The number of unbranched alkanes of at least 4 members (excludes halogenated alkanes) is 4. The molecule has 0 aromatic rings. The Bertz CT molecular complexity index is 1440. The lowest BCUT2D eigenvalue weighted by atomic mass is 9.47. The van der Waals surface area contributed by atoms with E-state index in [0.29, 0.717) is 28.8 Å². The van der Waals surface area contributed by atoms with Crippen molar-refractivity contribution in [3.05, 3.63) is 11.6 Å². The van der Waals surface area contributed by atoms with Gasteiger partial charge < -0.3 is 23.6 Å². The summed E-state index contributed by atoms with van der Waals surface area (Å²) in [7, 11) is 1.33. The first kappa shape index (κ1) is 49.9. The molecule has 0 bridgehead atoms. The van der Waals surface area contributed by atoms with Gasteiger partial charge in [-0.05, 0) is 97.7 Å². The van der Waals surface area contributed by atoms with Crippen LogP contribution in [0.2, 0.25) is 0 Å². The molecule has 59 heavy (non-hydrogen) atoms. The van der Waals surface area contributed by atoms with Gasteiger partial charge in [0.2, 0.25) is 0 Å². The van der Waals surface area contributed by atoms with E-state index < -0.39 is 38.4 Å². The highest BCUT2D eigenvalue weighted by molar-refractivity contribution is 7.47. The smallest absolute Gasteiger partial charge is 0.462 e. The topological polar surface area (TPSA) is 135 Å². The lowest BCUT2D eigenvalue weighted by Gasteiger charge is -2.58. The summed E-state index contributed by atoms with van der Waals surface area (Å²) in [4.78, 5) is 48.6. The zero-order valence-electron chi connectivity index (χ0n) is 38.5. The number of phosphoric acid groups is 1. The molecule has 0 spiro atoms. The molecular weight excluding hydrogens is 769 g/mol. The van der Waals surface area contributed by atoms with Gasteiger partial charge in [0, 0.05) is 12.8 Å². The van der Waals surface area contributed by atoms with Gasteiger partial charge in [0.1, 0.15) is 25.9 Å². The molecule has 4 rings (SSSR count). The maximum atomic E-state index is 13.0. The Morgan fingerprint density at radius 3 is 2.29 bits per heavy atom. The second kappa shape index (κ2) is 22.5. The molecular formula is C47H83NO10P+. The minimum Gasteiger partial charge on any atom is -0.462 e. The van der Waals surface area contributed by atoms with Crippen LogP contribution < -0.4 is 0 Å². The van der Waals surface area contributed by atoms with Crippen LogP contribution in [0.15, 0.2) is 11.6 Å². The summed E-state index contributed by atoms with van der Waals surface area (Å²) in [5.41, 5.74) is 2.06. The fourth-order valence-corrected chi connectivity index (χ4v) is 12.1. The van der Waals surface area contributed by atoms with Crippen LogP contribution in [0.1, 0.15) is 164 Å². The number of likely N-dealkylation sites (N-methyl/N-ethyl adjacent to an activating group) is 1. The Kier molecular flexibility index (Phi) is 19.0. The molecule has 0 aromatic carbocycles. The van der Waals surface area contributed by atoms with E-state index in [0.717, 1.165) is 81.0 Å². The monoisotopic (exact) mass is 853 g/mol. The number of hydrogen-bond donors (Lipinski definition) is 1. The van der Waals surface area contributed by atoms with Gasteiger partial charge in [-0.1, -0.05) is 98.1 Å². The van der Waals surface area contributed by atoms with Crippen LogP contribution in [-0.2, 0) is 42.2 Å². The Hall–Kier alpha value is -1.78. The van der Waals surface area contributed by atoms with E-state index in [-0.39, 0.29) is 44.0 Å². The van der Waals surface area contributed by atoms with Crippen molar-refractivity contribution in [2.45, 2.75) is 176 Å². The van der Waals surface area contributed by atoms with Crippen molar-refractivity contribution < 1.29 is 51.6 Å². The quantitative estimate of drug-likeness (QED) is 0.0236. The number of allylic oxidation sites excluding steroid dienone is 1. The lowest BCUT2D eigenvalue weighted by molar-refractivity contribution is -0.870. The molecule has 0 amide bonds. The number of carbonyl (C=O) groups is 3. The summed E-state index contributed by atoms with van der Waals surface area (Å²) < 4.78 is 40.1. The maximum Gasteiger partial charge on any atom is 0.472 e. The van der Waals surface area contributed by atoms with Crippen LogP contribution in [-0.4, -0.2) is 87.0 Å². The van der Waals surface area contributed by atoms with Crippen LogP contribution in [0.4, 0.5) is 0 Å². The molecule has 4 aliphatic carbocycles. The van der Waals surface area contributed by atoms with Crippen molar-refractivity contribution in [2.75, 3.05) is 47.5 Å². The van der Waals surface area contributed by atoms with Crippen molar-refractivity contribution in [1.29, 1.82) is 0 Å². The summed E-state index contributed by atoms with van der Waals surface area (Å²) in [6.45, 7) is 14.0. The van der Waals surface area contributed by atoms with Gasteiger partial charge in [-0.3, -0.25) is 23.4 Å². The predicted molar refractivity (Wildman–Crippen MR) is 231 cm³/mol. The van der Waals surface area contributed by atoms with Gasteiger partial charge in [0.05, 0.1) is 40.6 Å². The second-order valence-corrected chi connectivity index (χ2v) is 22.2. The Morgan fingerprint density at radius 1 is 0.847 bits per heavy atom. The van der Waals surface area contributed by atoms with Gasteiger partial charge in [-0.2, -0.15) is 0 Å². The van der Waals surface area contributed by atoms with Crippen molar-refractivity contribution >= 4 is 25.7 Å². The lowest BCUT2D eigenvalue weighted by Crippen LogP contribution is -2.51. The van der Waals surface area contributed by atoms with Gasteiger partial charge in [-0.25, -0.2) is 4.57 Å². The minimum atomic E-state index is -4.45. The van der Waals surface area contributed by atoms with Gasteiger partial charge in [-0.15, -0.1) is 0 Å². The molecule has 0 radical (unpaired) electrons. The van der Waals surface area contributed by atoms with Crippen molar-refractivity contribution in [1.82, 2.24) is 0 Å². The van der Waals surface area contributed by atoms with E-state index >= 15 is 0 Å². The van der Waals surface area contributed by atoms with Crippen molar-refractivity contribution in [2.24, 2.45) is 46.3 Å². The standard InChI is InChI=1S/C47H82NO10P/c1-10-11-12-13-14-18-44(50)58-38(33-56-59(52,53)55-30-29-48(7,8)9)32-54-43(49)23-24-45(51)57-37-25-27-46(5)36(31-37)19-20-39-41-22-21-40(35(4)17-15-16-34(2)3)47(41,6)28-26-42(39)46/h19,34-35,37-42H,10-18,20-33H2,1-9H3/p+1/t35-,37?,38?,39+,40-,41+,42+,46+,47-/m0/s1. The first-order chi connectivity index (χ1) is 27.8. The first-order valence-electron chi connectivity index (χ1n) is 23.4. The largest absolute Gasteiger partial charge is 0.472 e. The van der Waals surface area contributed by atoms with Gasteiger partial charge >= 0.3 is 25.7 Å². The molecule has 0 aromatic heterocycles. The summed E-state index contributed by atoms with van der Waals surface area (Å²) >= 11 is 0. The van der Waals surface area contributed by atoms with Crippen molar-refractivity contribution in [3.63, 3.8) is 0 Å². The summed E-state index contributed by atoms with van der Waals surface area (Å²) in [5.74, 6) is 3.04. The van der Waals surface area contributed by atoms with E-state index in [2.05, 4.69) is 47.6 Å². The highest BCUT2D eigenvalue weighted by atomic mass is 31.2. The molecule has 0 aliphatic heterocycles. The molecule has 0 heterocycles. The summed E-state index contributed by atoms with van der Waals surface area (Å²) in [6.07, 6.45) is 18.9. The third kappa shape index (κ3) is 14.9. The van der Waals surface area contributed by atoms with Crippen LogP contribution >= 0.6 is 7.82 Å². The third-order valence-corrected chi connectivity index (χ3v) is 15.7. The van der Waals surface area contributed by atoms with Crippen molar-refractivity contribution in [3.8, 4) is 0 Å². The average Bonchev–Trinajstić information content (AvgIpc) is 3.51. The number of quaternary nitrogens is 1.